The van der Waals surface area contributed by atoms with Crippen molar-refractivity contribution in [3.63, 3.8) is 0 Å². The average molecular weight is 416 g/mol. The number of likely N-dealkylation sites (tertiary alicyclic amines) is 1. The van der Waals surface area contributed by atoms with E-state index in [2.05, 4.69) is 10.6 Å². The van der Waals surface area contributed by atoms with Crippen LogP contribution in [0.25, 0.3) is 0 Å². The van der Waals surface area contributed by atoms with E-state index in [-0.39, 0.29) is 17.7 Å². The first-order valence-electron chi connectivity index (χ1n) is 9.22. The first kappa shape index (κ1) is 20.7. The maximum atomic E-state index is 12.8. The molecule has 1 aliphatic heterocycles. The van der Waals surface area contributed by atoms with Crippen molar-refractivity contribution in [1.29, 1.82) is 0 Å². The van der Waals surface area contributed by atoms with Gasteiger partial charge in [-0.2, -0.15) is 0 Å². The van der Waals surface area contributed by atoms with Crippen LogP contribution in [0.2, 0.25) is 5.02 Å². The van der Waals surface area contributed by atoms with E-state index in [1.165, 1.54) is 18.9 Å². The SMILES string of the molecule is COc1ccc(Cl)cc1NC(=O)[C@@H]1CCCN1C(=O)Nc1cccc(C(C)=O)c1. The molecular weight excluding hydrogens is 394 g/mol. The monoisotopic (exact) mass is 415 g/mol. The van der Waals surface area contributed by atoms with Crippen molar-refractivity contribution in [3.8, 4) is 5.75 Å². The van der Waals surface area contributed by atoms with E-state index in [4.69, 9.17) is 16.3 Å². The number of carbonyl (C=O) groups excluding carboxylic acids is 3. The van der Waals surface area contributed by atoms with Crippen LogP contribution in [0.15, 0.2) is 42.5 Å². The molecule has 0 radical (unpaired) electrons. The van der Waals surface area contributed by atoms with E-state index in [1.54, 1.807) is 42.5 Å². The number of anilines is 2. The quantitative estimate of drug-likeness (QED) is 0.717. The Kier molecular flexibility index (Phi) is 6.39. The maximum absolute atomic E-state index is 12.8. The standard InChI is InChI=1S/C21H22ClN3O4/c1-13(26)14-5-3-6-16(11-14)23-21(28)25-10-4-7-18(25)20(27)24-17-12-15(22)8-9-19(17)29-2/h3,5-6,8-9,11-12,18H,4,7,10H2,1-2H3,(H,23,28)(H,24,27)/t18-/m0/s1. The fraction of sp³-hybridized carbons (Fsp3) is 0.286. The van der Waals surface area contributed by atoms with Crippen LogP contribution >= 0.6 is 11.6 Å². The van der Waals surface area contributed by atoms with Crippen LogP contribution in [0, 0.1) is 0 Å². The first-order valence-corrected chi connectivity index (χ1v) is 9.60. The van der Waals surface area contributed by atoms with E-state index in [1.807, 2.05) is 0 Å². The minimum atomic E-state index is -0.616. The zero-order valence-electron chi connectivity index (χ0n) is 16.2. The normalized spacial score (nSPS) is 15.7. The van der Waals surface area contributed by atoms with Gasteiger partial charge in [0.15, 0.2) is 5.78 Å². The summed E-state index contributed by atoms with van der Waals surface area (Å²) in [4.78, 5) is 38.6. The number of rotatable bonds is 5. The predicted octanol–water partition coefficient (Wildman–Crippen LogP) is 4.19. The Morgan fingerprint density at radius 3 is 2.66 bits per heavy atom. The molecule has 2 aromatic carbocycles. The van der Waals surface area contributed by atoms with Gasteiger partial charge in [0.25, 0.3) is 0 Å². The summed E-state index contributed by atoms with van der Waals surface area (Å²) in [5, 5.41) is 6.04. The minimum Gasteiger partial charge on any atom is -0.495 e. The zero-order valence-corrected chi connectivity index (χ0v) is 17.0. The van der Waals surface area contributed by atoms with Crippen molar-refractivity contribution in [2.75, 3.05) is 24.3 Å². The highest BCUT2D eigenvalue weighted by Gasteiger charge is 2.34. The van der Waals surface area contributed by atoms with Crippen LogP contribution in [0.4, 0.5) is 16.2 Å². The van der Waals surface area contributed by atoms with Crippen molar-refractivity contribution in [1.82, 2.24) is 4.90 Å². The number of benzene rings is 2. The number of nitrogens with one attached hydrogen (secondary N) is 2. The van der Waals surface area contributed by atoms with E-state index in [0.29, 0.717) is 47.1 Å². The molecule has 0 saturated carbocycles. The molecule has 3 amide bonds. The number of amides is 3. The summed E-state index contributed by atoms with van der Waals surface area (Å²) in [6.07, 6.45) is 1.27. The average Bonchev–Trinajstić information content (AvgIpc) is 3.18. The van der Waals surface area contributed by atoms with Gasteiger partial charge < -0.3 is 20.3 Å². The third-order valence-corrected chi connectivity index (χ3v) is 4.99. The fourth-order valence-corrected chi connectivity index (χ4v) is 3.46. The summed E-state index contributed by atoms with van der Waals surface area (Å²) < 4.78 is 5.25. The van der Waals surface area contributed by atoms with Gasteiger partial charge in [0.1, 0.15) is 11.8 Å². The molecule has 0 aliphatic carbocycles. The molecule has 1 heterocycles. The highest BCUT2D eigenvalue weighted by molar-refractivity contribution is 6.31. The van der Waals surface area contributed by atoms with E-state index < -0.39 is 6.04 Å². The number of methoxy groups -OCH3 is 1. The van der Waals surface area contributed by atoms with E-state index >= 15 is 0 Å². The number of urea groups is 1. The minimum absolute atomic E-state index is 0.0880. The smallest absolute Gasteiger partial charge is 0.322 e. The Morgan fingerprint density at radius 2 is 1.93 bits per heavy atom. The molecule has 1 saturated heterocycles. The van der Waals surface area contributed by atoms with Crippen LogP contribution in [0.5, 0.6) is 5.75 Å². The molecule has 2 aromatic rings. The molecule has 1 aliphatic rings. The third kappa shape index (κ3) is 4.86. The fourth-order valence-electron chi connectivity index (χ4n) is 3.29. The second-order valence-corrected chi connectivity index (χ2v) is 7.19. The van der Waals surface area contributed by atoms with Crippen molar-refractivity contribution in [2.45, 2.75) is 25.8 Å². The van der Waals surface area contributed by atoms with Gasteiger partial charge in [-0.25, -0.2) is 4.79 Å². The van der Waals surface area contributed by atoms with Gasteiger partial charge in [-0.15, -0.1) is 0 Å². The van der Waals surface area contributed by atoms with Gasteiger partial charge in [-0.05, 0) is 50.1 Å². The Hall–Kier alpha value is -3.06. The molecule has 1 atom stereocenters. The van der Waals surface area contributed by atoms with Crippen LogP contribution < -0.4 is 15.4 Å². The Labute approximate surface area is 174 Å². The molecule has 7 nitrogen and oxygen atoms in total. The van der Waals surface area contributed by atoms with Crippen LogP contribution in [-0.4, -0.2) is 42.3 Å². The van der Waals surface area contributed by atoms with Crippen LogP contribution in [0.3, 0.4) is 0 Å². The second-order valence-electron chi connectivity index (χ2n) is 6.75. The summed E-state index contributed by atoms with van der Waals surface area (Å²) in [6, 6.07) is 10.6. The lowest BCUT2D eigenvalue weighted by Gasteiger charge is -2.24. The van der Waals surface area contributed by atoms with Gasteiger partial charge in [-0.1, -0.05) is 23.7 Å². The summed E-state index contributed by atoms with van der Waals surface area (Å²) in [5.74, 6) is 0.0866. The maximum Gasteiger partial charge on any atom is 0.322 e. The molecule has 8 heteroatoms. The molecule has 0 unspecified atom stereocenters. The lowest BCUT2D eigenvalue weighted by atomic mass is 10.1. The number of hydrogen-bond donors (Lipinski definition) is 2. The number of nitrogens with zero attached hydrogens (tertiary/aromatic N) is 1. The molecule has 0 spiro atoms. The Bertz CT molecular complexity index is 947. The molecule has 152 valence electrons. The Balaban J connectivity index is 1.71. The number of hydrogen-bond acceptors (Lipinski definition) is 4. The number of ether oxygens (including phenoxy) is 1. The van der Waals surface area contributed by atoms with Gasteiger partial charge >= 0.3 is 6.03 Å². The van der Waals surface area contributed by atoms with Crippen LogP contribution in [-0.2, 0) is 4.79 Å². The van der Waals surface area contributed by atoms with Gasteiger partial charge in [0.05, 0.1) is 12.8 Å². The molecular formula is C21H22ClN3O4. The Morgan fingerprint density at radius 1 is 1.14 bits per heavy atom. The second kappa shape index (κ2) is 8.96. The summed E-state index contributed by atoms with van der Waals surface area (Å²) in [5.41, 5.74) is 1.46. The number of ketones is 1. The van der Waals surface area contributed by atoms with Crippen molar-refractivity contribution in [2.24, 2.45) is 0 Å². The van der Waals surface area contributed by atoms with E-state index in [0.717, 1.165) is 0 Å². The predicted molar refractivity (Wildman–Crippen MR) is 112 cm³/mol. The van der Waals surface area contributed by atoms with Crippen molar-refractivity contribution >= 4 is 40.7 Å². The highest BCUT2D eigenvalue weighted by Crippen LogP contribution is 2.29. The number of carbonyl (C=O) groups is 3. The summed E-state index contributed by atoms with van der Waals surface area (Å²) in [7, 11) is 1.50. The molecule has 1 fully saturated rings. The van der Waals surface area contributed by atoms with E-state index in [9.17, 15) is 14.4 Å². The van der Waals surface area contributed by atoms with Gasteiger partial charge in [-0.3, -0.25) is 9.59 Å². The first-order chi connectivity index (χ1) is 13.9. The summed E-state index contributed by atoms with van der Waals surface area (Å²) >= 11 is 6.02. The molecule has 2 N–H and O–H groups in total. The molecule has 3 rings (SSSR count). The number of Topliss-reactive ketones (excluding diaryl/α,β-unsaturated/α-hetero) is 1. The van der Waals surface area contributed by atoms with Gasteiger partial charge in [0.2, 0.25) is 5.91 Å². The molecule has 0 aromatic heterocycles. The lowest BCUT2D eigenvalue weighted by molar-refractivity contribution is -0.119. The number of halogens is 1. The van der Waals surface area contributed by atoms with Crippen LogP contribution in [0.1, 0.15) is 30.1 Å². The van der Waals surface area contributed by atoms with Crippen molar-refractivity contribution in [3.05, 3.63) is 53.1 Å². The van der Waals surface area contributed by atoms with Gasteiger partial charge in [0, 0.05) is 22.8 Å². The summed E-state index contributed by atoms with van der Waals surface area (Å²) in [6.45, 7) is 1.93. The molecule has 0 bridgehead atoms. The largest absolute Gasteiger partial charge is 0.495 e. The van der Waals surface area contributed by atoms with Crippen molar-refractivity contribution < 1.29 is 19.1 Å². The lowest BCUT2D eigenvalue weighted by Crippen LogP contribution is -2.45. The highest BCUT2D eigenvalue weighted by atomic mass is 35.5. The topological polar surface area (TPSA) is 87.7 Å². The molecule has 29 heavy (non-hydrogen) atoms. The zero-order chi connectivity index (χ0) is 21.0. The third-order valence-electron chi connectivity index (χ3n) is 4.76.